The first-order valence-corrected chi connectivity index (χ1v) is 6.48. The van der Waals surface area contributed by atoms with E-state index in [0.29, 0.717) is 6.42 Å². The molecule has 0 atom stereocenters. The fourth-order valence-corrected chi connectivity index (χ4v) is 2.10. The summed E-state index contributed by atoms with van der Waals surface area (Å²) in [7, 11) is 0. The van der Waals surface area contributed by atoms with Crippen molar-refractivity contribution in [3.05, 3.63) is 70.8 Å². The summed E-state index contributed by atoms with van der Waals surface area (Å²) in [6.07, 6.45) is -9.12. The molecule has 0 nitrogen and oxygen atoms in total. The second kappa shape index (κ2) is 6.02. The predicted octanol–water partition coefficient (Wildman–Crippen LogP) is 5.51. The molecular weight excluding hydrogens is 306 g/mol. The Morgan fingerprint density at radius 3 is 1.50 bits per heavy atom. The van der Waals surface area contributed by atoms with E-state index in [9.17, 15) is 26.3 Å². The number of alkyl halides is 6. The van der Waals surface area contributed by atoms with Crippen molar-refractivity contribution in [2.45, 2.75) is 25.2 Å². The molecule has 0 aliphatic carbocycles. The van der Waals surface area contributed by atoms with Gasteiger partial charge in [0.2, 0.25) is 0 Å². The van der Waals surface area contributed by atoms with Gasteiger partial charge in [0.15, 0.2) is 0 Å². The highest BCUT2D eigenvalue weighted by atomic mass is 19.4. The third-order valence-corrected chi connectivity index (χ3v) is 3.19. The Labute approximate surface area is 123 Å². The van der Waals surface area contributed by atoms with Gasteiger partial charge in [-0.05, 0) is 42.2 Å². The van der Waals surface area contributed by atoms with E-state index < -0.39 is 23.5 Å². The Morgan fingerprint density at radius 1 is 0.591 bits per heavy atom. The van der Waals surface area contributed by atoms with Gasteiger partial charge in [-0.15, -0.1) is 0 Å². The lowest BCUT2D eigenvalue weighted by Gasteiger charge is -2.14. The molecule has 0 aliphatic rings. The van der Waals surface area contributed by atoms with Gasteiger partial charge < -0.3 is 0 Å². The summed E-state index contributed by atoms with van der Waals surface area (Å²) in [6.45, 7) is 0. The van der Waals surface area contributed by atoms with Crippen LogP contribution in [0.25, 0.3) is 0 Å². The van der Waals surface area contributed by atoms with Crippen molar-refractivity contribution in [1.82, 2.24) is 0 Å². The first-order valence-electron chi connectivity index (χ1n) is 6.48. The van der Waals surface area contributed by atoms with Crippen LogP contribution in [0.15, 0.2) is 48.5 Å². The second-order valence-electron chi connectivity index (χ2n) is 4.90. The van der Waals surface area contributed by atoms with Crippen LogP contribution in [0.3, 0.4) is 0 Å². The highest BCUT2D eigenvalue weighted by Gasteiger charge is 2.36. The van der Waals surface area contributed by atoms with E-state index in [4.69, 9.17) is 0 Å². The topological polar surface area (TPSA) is 0 Å². The highest BCUT2D eigenvalue weighted by molar-refractivity contribution is 5.34. The molecule has 0 N–H and O–H groups in total. The monoisotopic (exact) mass is 318 g/mol. The van der Waals surface area contributed by atoms with Gasteiger partial charge in [0, 0.05) is 0 Å². The second-order valence-corrected chi connectivity index (χ2v) is 4.90. The van der Waals surface area contributed by atoms with Gasteiger partial charge in [-0.1, -0.05) is 30.3 Å². The Hall–Kier alpha value is -1.98. The van der Waals surface area contributed by atoms with Crippen molar-refractivity contribution >= 4 is 0 Å². The van der Waals surface area contributed by atoms with Crippen molar-refractivity contribution in [2.75, 3.05) is 0 Å². The van der Waals surface area contributed by atoms with Crippen LogP contribution in [0.1, 0.15) is 22.3 Å². The van der Waals surface area contributed by atoms with E-state index in [1.807, 2.05) is 0 Å². The van der Waals surface area contributed by atoms with Gasteiger partial charge >= 0.3 is 12.4 Å². The molecule has 118 valence electrons. The fourth-order valence-electron chi connectivity index (χ4n) is 2.10. The van der Waals surface area contributed by atoms with Crippen LogP contribution in [0.4, 0.5) is 26.3 Å². The molecule has 0 aliphatic heterocycles. The first kappa shape index (κ1) is 16.4. The van der Waals surface area contributed by atoms with Gasteiger partial charge in [0.25, 0.3) is 0 Å². The quantitative estimate of drug-likeness (QED) is 0.655. The number of halogens is 6. The molecule has 2 aromatic carbocycles. The summed E-state index contributed by atoms with van der Waals surface area (Å²) in [5, 5.41) is 0. The molecule has 0 unspecified atom stereocenters. The molecule has 2 rings (SSSR count). The van der Waals surface area contributed by atoms with Crippen molar-refractivity contribution in [3.8, 4) is 0 Å². The van der Waals surface area contributed by atoms with Gasteiger partial charge in [-0.25, -0.2) is 0 Å². The van der Waals surface area contributed by atoms with E-state index in [-0.39, 0.29) is 18.1 Å². The van der Waals surface area contributed by atoms with Crippen LogP contribution in [0, 0.1) is 0 Å². The standard InChI is InChI=1S/C16H12F6/c17-15(18,19)13-8-12(9-14(10-13)16(20,21)22)7-6-11-4-2-1-3-5-11/h1-5,8-10H,6-7H2. The largest absolute Gasteiger partial charge is 0.416 e. The Bertz CT molecular complexity index is 593. The molecule has 2 aromatic rings. The van der Waals surface area contributed by atoms with Crippen LogP contribution >= 0.6 is 0 Å². The number of rotatable bonds is 3. The first-order chi connectivity index (χ1) is 10.2. The average Bonchev–Trinajstić information content (AvgIpc) is 2.44. The zero-order valence-electron chi connectivity index (χ0n) is 11.3. The lowest BCUT2D eigenvalue weighted by atomic mass is 9.99. The van der Waals surface area contributed by atoms with Gasteiger partial charge in [-0.3, -0.25) is 0 Å². The smallest absolute Gasteiger partial charge is 0.166 e. The van der Waals surface area contributed by atoms with Gasteiger partial charge in [-0.2, -0.15) is 26.3 Å². The number of benzene rings is 2. The molecule has 0 saturated carbocycles. The normalized spacial score (nSPS) is 12.5. The minimum absolute atomic E-state index is 0.0194. The molecule has 0 bridgehead atoms. The minimum Gasteiger partial charge on any atom is -0.166 e. The predicted molar refractivity (Wildman–Crippen MR) is 70.3 cm³/mol. The molecule has 0 radical (unpaired) electrons. The van der Waals surface area contributed by atoms with Crippen LogP contribution < -0.4 is 0 Å². The summed E-state index contributed by atoms with van der Waals surface area (Å²) in [6, 6.07) is 10.6. The van der Waals surface area contributed by atoms with Crippen molar-refractivity contribution in [2.24, 2.45) is 0 Å². The lowest BCUT2D eigenvalue weighted by molar-refractivity contribution is -0.143. The van der Waals surface area contributed by atoms with E-state index in [1.54, 1.807) is 30.3 Å². The zero-order valence-corrected chi connectivity index (χ0v) is 11.3. The molecule has 0 saturated heterocycles. The summed E-state index contributed by atoms with van der Waals surface area (Å²) in [4.78, 5) is 0. The van der Waals surface area contributed by atoms with Crippen molar-refractivity contribution < 1.29 is 26.3 Å². The SMILES string of the molecule is FC(F)(F)c1cc(CCc2ccccc2)cc(C(F)(F)F)c1. The zero-order chi connectivity index (χ0) is 16.4. The molecule has 0 spiro atoms. The molecule has 0 aromatic heterocycles. The van der Waals surface area contributed by atoms with Crippen LogP contribution in [-0.4, -0.2) is 0 Å². The van der Waals surface area contributed by atoms with Crippen LogP contribution in [0.2, 0.25) is 0 Å². The number of hydrogen-bond donors (Lipinski definition) is 0. The average molecular weight is 318 g/mol. The third kappa shape index (κ3) is 4.26. The van der Waals surface area contributed by atoms with Crippen LogP contribution in [-0.2, 0) is 25.2 Å². The number of hydrogen-bond acceptors (Lipinski definition) is 0. The maximum absolute atomic E-state index is 12.7. The third-order valence-electron chi connectivity index (χ3n) is 3.19. The summed E-state index contributed by atoms with van der Waals surface area (Å²) < 4.78 is 76.4. The van der Waals surface area contributed by atoms with Crippen molar-refractivity contribution in [3.63, 3.8) is 0 Å². The Balaban J connectivity index is 2.30. The van der Waals surface area contributed by atoms with Crippen LogP contribution in [0.5, 0.6) is 0 Å². The molecule has 22 heavy (non-hydrogen) atoms. The van der Waals surface area contributed by atoms with E-state index in [2.05, 4.69) is 0 Å². The van der Waals surface area contributed by atoms with Gasteiger partial charge in [0.1, 0.15) is 0 Å². The molecular formula is C16H12F6. The maximum Gasteiger partial charge on any atom is 0.416 e. The Morgan fingerprint density at radius 2 is 1.05 bits per heavy atom. The van der Waals surface area contributed by atoms with E-state index in [0.717, 1.165) is 17.7 Å². The maximum atomic E-state index is 12.7. The Kier molecular flexibility index (Phi) is 4.49. The lowest BCUT2D eigenvalue weighted by Crippen LogP contribution is -2.12. The summed E-state index contributed by atoms with van der Waals surface area (Å²) in [5.41, 5.74) is -1.67. The van der Waals surface area contributed by atoms with Crippen molar-refractivity contribution in [1.29, 1.82) is 0 Å². The summed E-state index contributed by atoms with van der Waals surface area (Å²) in [5.74, 6) is 0. The molecule has 6 heteroatoms. The van der Waals surface area contributed by atoms with E-state index in [1.165, 1.54) is 0 Å². The molecule has 0 amide bonds. The minimum atomic E-state index is -4.80. The summed E-state index contributed by atoms with van der Waals surface area (Å²) >= 11 is 0. The molecule has 0 heterocycles. The van der Waals surface area contributed by atoms with Gasteiger partial charge in [0.05, 0.1) is 11.1 Å². The highest BCUT2D eigenvalue weighted by Crippen LogP contribution is 2.36. The van der Waals surface area contributed by atoms with E-state index >= 15 is 0 Å². The molecule has 0 fully saturated rings. The fraction of sp³-hybridized carbons (Fsp3) is 0.250. The number of aryl methyl sites for hydroxylation is 2.